The van der Waals surface area contributed by atoms with Gasteiger partial charge in [-0.05, 0) is 32.0 Å². The summed E-state index contributed by atoms with van der Waals surface area (Å²) in [5.74, 6) is 0.848. The van der Waals surface area contributed by atoms with E-state index in [4.69, 9.17) is 39.5 Å². The zero-order valence-corrected chi connectivity index (χ0v) is 14.1. The summed E-state index contributed by atoms with van der Waals surface area (Å²) in [4.78, 5) is 0. The standard InChI is InChI=1S/C16H16Cl3NO/c1-3-21-15-7-5-4-6-12(15)10(2)20-16-13(18)8-11(17)9-14(16)19/h4-10,20H,3H2,1-2H3. The summed E-state index contributed by atoms with van der Waals surface area (Å²) < 4.78 is 5.65. The van der Waals surface area contributed by atoms with Crippen LogP contribution in [0.5, 0.6) is 5.75 Å². The molecule has 0 spiro atoms. The normalized spacial score (nSPS) is 12.0. The van der Waals surface area contributed by atoms with Gasteiger partial charge in [0.25, 0.3) is 0 Å². The second kappa shape index (κ2) is 7.26. The predicted octanol–water partition coefficient (Wildman–Crippen LogP) is 6.22. The monoisotopic (exact) mass is 343 g/mol. The SMILES string of the molecule is CCOc1ccccc1C(C)Nc1c(Cl)cc(Cl)cc1Cl. The van der Waals surface area contributed by atoms with E-state index in [1.165, 1.54) is 0 Å². The zero-order chi connectivity index (χ0) is 15.4. The molecule has 0 saturated carbocycles. The molecule has 0 aliphatic carbocycles. The van der Waals surface area contributed by atoms with Crippen molar-refractivity contribution >= 4 is 40.5 Å². The first kappa shape index (κ1) is 16.3. The summed E-state index contributed by atoms with van der Waals surface area (Å²) >= 11 is 18.3. The van der Waals surface area contributed by atoms with Crippen molar-refractivity contribution in [2.75, 3.05) is 11.9 Å². The summed E-state index contributed by atoms with van der Waals surface area (Å²) in [5, 5.41) is 4.82. The van der Waals surface area contributed by atoms with Crippen molar-refractivity contribution in [3.8, 4) is 5.75 Å². The van der Waals surface area contributed by atoms with Crippen LogP contribution in [0.3, 0.4) is 0 Å². The van der Waals surface area contributed by atoms with Crippen LogP contribution in [0.25, 0.3) is 0 Å². The molecule has 2 rings (SSSR count). The van der Waals surface area contributed by atoms with Gasteiger partial charge in [0.2, 0.25) is 0 Å². The molecule has 0 radical (unpaired) electrons. The summed E-state index contributed by atoms with van der Waals surface area (Å²) in [6.45, 7) is 4.60. The maximum Gasteiger partial charge on any atom is 0.124 e. The summed E-state index contributed by atoms with van der Waals surface area (Å²) in [5.41, 5.74) is 1.71. The van der Waals surface area contributed by atoms with E-state index in [1.807, 2.05) is 38.1 Å². The fraction of sp³-hybridized carbons (Fsp3) is 0.250. The van der Waals surface area contributed by atoms with Crippen LogP contribution in [0, 0.1) is 0 Å². The van der Waals surface area contributed by atoms with E-state index in [2.05, 4.69) is 5.32 Å². The molecule has 0 aliphatic rings. The molecule has 0 aromatic heterocycles. The molecule has 21 heavy (non-hydrogen) atoms. The van der Waals surface area contributed by atoms with Gasteiger partial charge in [-0.2, -0.15) is 0 Å². The minimum absolute atomic E-state index is 0.0103. The number of anilines is 1. The first-order valence-corrected chi connectivity index (χ1v) is 7.79. The molecule has 2 aromatic rings. The molecule has 5 heteroatoms. The van der Waals surface area contributed by atoms with Crippen LogP contribution in [0.15, 0.2) is 36.4 Å². The highest BCUT2D eigenvalue weighted by atomic mass is 35.5. The number of para-hydroxylation sites is 1. The Morgan fingerprint density at radius 1 is 1.10 bits per heavy atom. The van der Waals surface area contributed by atoms with E-state index in [-0.39, 0.29) is 6.04 Å². The lowest BCUT2D eigenvalue weighted by molar-refractivity contribution is 0.335. The highest BCUT2D eigenvalue weighted by molar-refractivity contribution is 6.41. The lowest BCUT2D eigenvalue weighted by atomic mass is 10.1. The first-order chi connectivity index (χ1) is 10.0. The molecule has 1 N–H and O–H groups in total. The number of hydrogen-bond donors (Lipinski definition) is 1. The molecular weight excluding hydrogens is 329 g/mol. The Kier molecular flexibility index (Phi) is 5.63. The zero-order valence-electron chi connectivity index (χ0n) is 11.8. The number of benzene rings is 2. The molecular formula is C16H16Cl3NO. The second-order valence-electron chi connectivity index (χ2n) is 4.58. The Hall–Kier alpha value is -1.09. The number of hydrogen-bond acceptors (Lipinski definition) is 2. The van der Waals surface area contributed by atoms with Crippen molar-refractivity contribution < 1.29 is 4.74 Å². The number of rotatable bonds is 5. The average Bonchev–Trinajstić information content (AvgIpc) is 2.43. The Morgan fingerprint density at radius 2 is 1.71 bits per heavy atom. The molecule has 112 valence electrons. The van der Waals surface area contributed by atoms with Gasteiger partial charge in [-0.25, -0.2) is 0 Å². The highest BCUT2D eigenvalue weighted by Gasteiger charge is 2.15. The Balaban J connectivity index is 2.28. The molecule has 0 saturated heterocycles. The van der Waals surface area contributed by atoms with Crippen molar-refractivity contribution in [3.63, 3.8) is 0 Å². The van der Waals surface area contributed by atoms with Crippen LogP contribution in [0.1, 0.15) is 25.5 Å². The quantitative estimate of drug-likeness (QED) is 0.695. The number of ether oxygens (including phenoxy) is 1. The van der Waals surface area contributed by atoms with Crippen LogP contribution in [-0.4, -0.2) is 6.61 Å². The molecule has 2 aromatic carbocycles. The van der Waals surface area contributed by atoms with Gasteiger partial charge in [-0.3, -0.25) is 0 Å². The van der Waals surface area contributed by atoms with Gasteiger partial charge in [0, 0.05) is 10.6 Å². The predicted molar refractivity (Wildman–Crippen MR) is 91.1 cm³/mol. The lowest BCUT2D eigenvalue weighted by Gasteiger charge is -2.20. The maximum absolute atomic E-state index is 6.20. The smallest absolute Gasteiger partial charge is 0.124 e. The van der Waals surface area contributed by atoms with E-state index in [1.54, 1.807) is 12.1 Å². The van der Waals surface area contributed by atoms with Crippen molar-refractivity contribution in [1.29, 1.82) is 0 Å². The topological polar surface area (TPSA) is 21.3 Å². The van der Waals surface area contributed by atoms with Crippen LogP contribution in [-0.2, 0) is 0 Å². The van der Waals surface area contributed by atoms with Gasteiger partial charge in [0.05, 0.1) is 28.4 Å². The summed E-state index contributed by atoms with van der Waals surface area (Å²) in [7, 11) is 0. The molecule has 1 unspecified atom stereocenters. The van der Waals surface area contributed by atoms with Crippen molar-refractivity contribution in [2.45, 2.75) is 19.9 Å². The van der Waals surface area contributed by atoms with Crippen LogP contribution in [0.2, 0.25) is 15.1 Å². The molecule has 2 nitrogen and oxygen atoms in total. The maximum atomic E-state index is 6.20. The minimum Gasteiger partial charge on any atom is -0.494 e. The van der Waals surface area contributed by atoms with Gasteiger partial charge in [-0.15, -0.1) is 0 Å². The van der Waals surface area contributed by atoms with Gasteiger partial charge in [-0.1, -0.05) is 53.0 Å². The highest BCUT2D eigenvalue weighted by Crippen LogP contribution is 2.37. The van der Waals surface area contributed by atoms with Crippen molar-refractivity contribution in [3.05, 3.63) is 57.0 Å². The van der Waals surface area contributed by atoms with E-state index >= 15 is 0 Å². The average molecular weight is 345 g/mol. The Labute approximate surface area is 140 Å². The Morgan fingerprint density at radius 3 is 2.33 bits per heavy atom. The fourth-order valence-corrected chi connectivity index (χ4v) is 3.03. The van der Waals surface area contributed by atoms with Gasteiger partial charge >= 0.3 is 0 Å². The Bertz CT molecular complexity index is 608. The number of nitrogens with one attached hydrogen (secondary N) is 1. The van der Waals surface area contributed by atoms with Gasteiger partial charge in [0.1, 0.15) is 5.75 Å². The summed E-state index contributed by atoms with van der Waals surface area (Å²) in [6.07, 6.45) is 0. The van der Waals surface area contributed by atoms with Gasteiger partial charge in [0.15, 0.2) is 0 Å². The first-order valence-electron chi connectivity index (χ1n) is 6.65. The summed E-state index contributed by atoms with van der Waals surface area (Å²) in [6, 6.07) is 11.2. The third kappa shape index (κ3) is 3.97. The van der Waals surface area contributed by atoms with E-state index < -0.39 is 0 Å². The van der Waals surface area contributed by atoms with E-state index in [0.29, 0.717) is 27.4 Å². The van der Waals surface area contributed by atoms with E-state index in [0.717, 1.165) is 11.3 Å². The third-order valence-corrected chi connectivity index (χ3v) is 3.87. The molecule has 0 fully saturated rings. The van der Waals surface area contributed by atoms with E-state index in [9.17, 15) is 0 Å². The number of halogens is 3. The molecule has 0 heterocycles. The van der Waals surface area contributed by atoms with Crippen LogP contribution < -0.4 is 10.1 Å². The molecule has 0 amide bonds. The minimum atomic E-state index is -0.0103. The van der Waals surface area contributed by atoms with Crippen molar-refractivity contribution in [1.82, 2.24) is 0 Å². The van der Waals surface area contributed by atoms with Crippen molar-refractivity contribution in [2.24, 2.45) is 0 Å². The lowest BCUT2D eigenvalue weighted by Crippen LogP contribution is -2.09. The third-order valence-electron chi connectivity index (χ3n) is 3.05. The fourth-order valence-electron chi connectivity index (χ4n) is 2.10. The molecule has 0 bridgehead atoms. The second-order valence-corrected chi connectivity index (χ2v) is 5.83. The van der Waals surface area contributed by atoms with Crippen LogP contribution in [0.4, 0.5) is 5.69 Å². The van der Waals surface area contributed by atoms with Crippen LogP contribution >= 0.6 is 34.8 Å². The molecule has 1 atom stereocenters. The largest absolute Gasteiger partial charge is 0.494 e. The molecule has 0 aliphatic heterocycles. The van der Waals surface area contributed by atoms with Gasteiger partial charge < -0.3 is 10.1 Å².